The summed E-state index contributed by atoms with van der Waals surface area (Å²) in [6.45, 7) is 4.88. The number of benzene rings is 4. The zero-order valence-electron chi connectivity index (χ0n) is 22.9. The summed E-state index contributed by atoms with van der Waals surface area (Å²) in [5.41, 5.74) is 4.18. The number of thioether (sulfide) groups is 1. The van der Waals surface area contributed by atoms with Crippen LogP contribution in [0.25, 0.3) is 21.8 Å². The van der Waals surface area contributed by atoms with Crippen LogP contribution in [0, 0.1) is 0 Å². The van der Waals surface area contributed by atoms with Gasteiger partial charge in [-0.2, -0.15) is 0 Å². The molecule has 8 heteroatoms. The second kappa shape index (κ2) is 11.8. The minimum atomic E-state index is -0.357. The van der Waals surface area contributed by atoms with E-state index in [1.54, 1.807) is 25.3 Å². The molecule has 4 aromatic carbocycles. The van der Waals surface area contributed by atoms with Crippen LogP contribution in [0.3, 0.4) is 0 Å². The minimum absolute atomic E-state index is 0.0941. The molecule has 5 aromatic rings. The Morgan fingerprint density at radius 3 is 2.33 bits per heavy atom. The molecule has 5 rings (SSSR count). The minimum Gasteiger partial charge on any atom is -0.493 e. The van der Waals surface area contributed by atoms with E-state index in [0.29, 0.717) is 22.7 Å². The van der Waals surface area contributed by atoms with E-state index >= 15 is 0 Å². The monoisotopic (exact) mass is 553 g/mol. The van der Waals surface area contributed by atoms with Crippen molar-refractivity contribution in [3.8, 4) is 11.5 Å². The summed E-state index contributed by atoms with van der Waals surface area (Å²) in [5, 5.41) is 7.92. The maximum atomic E-state index is 13.1. The molecular formula is C32H31N3O4S. The number of nitrogens with one attached hydrogen (secondary N) is 2. The molecule has 40 heavy (non-hydrogen) atoms. The van der Waals surface area contributed by atoms with Crippen LogP contribution in [0.1, 0.15) is 24.2 Å². The number of nitrogens with zero attached hydrogens (tertiary/aromatic N) is 1. The number of methoxy groups -OCH3 is 2. The van der Waals surface area contributed by atoms with Crippen molar-refractivity contribution >= 4 is 56.8 Å². The molecule has 2 N–H and O–H groups in total. The molecule has 0 saturated heterocycles. The van der Waals surface area contributed by atoms with E-state index in [0.717, 1.165) is 28.0 Å². The van der Waals surface area contributed by atoms with Gasteiger partial charge in [0.2, 0.25) is 5.91 Å². The largest absolute Gasteiger partial charge is 0.493 e. The highest BCUT2D eigenvalue weighted by molar-refractivity contribution is 8.00. The summed E-state index contributed by atoms with van der Waals surface area (Å²) in [4.78, 5) is 26.8. The van der Waals surface area contributed by atoms with Gasteiger partial charge >= 0.3 is 0 Å². The average Bonchev–Trinajstić information content (AvgIpc) is 3.29. The number of aryl methyl sites for hydroxylation is 1. The van der Waals surface area contributed by atoms with Crippen LogP contribution in [0.2, 0.25) is 0 Å². The van der Waals surface area contributed by atoms with Crippen LogP contribution in [-0.2, 0) is 11.3 Å². The smallest absolute Gasteiger partial charge is 0.255 e. The highest BCUT2D eigenvalue weighted by atomic mass is 32.2. The first-order valence-corrected chi connectivity index (χ1v) is 13.9. The first-order valence-electron chi connectivity index (χ1n) is 13.0. The quantitative estimate of drug-likeness (QED) is 0.189. The number of ether oxygens (including phenoxy) is 2. The van der Waals surface area contributed by atoms with Gasteiger partial charge in [-0.15, -0.1) is 11.8 Å². The van der Waals surface area contributed by atoms with Crippen molar-refractivity contribution in [3.63, 3.8) is 0 Å². The van der Waals surface area contributed by atoms with Gasteiger partial charge in [0.1, 0.15) is 0 Å². The number of anilines is 2. The number of hydrogen-bond donors (Lipinski definition) is 2. The number of carbonyl (C=O) groups excluding carboxylic acids is 2. The zero-order chi connectivity index (χ0) is 28.2. The Morgan fingerprint density at radius 2 is 1.55 bits per heavy atom. The molecule has 1 unspecified atom stereocenters. The van der Waals surface area contributed by atoms with Gasteiger partial charge in [0.15, 0.2) is 11.5 Å². The Kier molecular flexibility index (Phi) is 7.98. The van der Waals surface area contributed by atoms with E-state index in [9.17, 15) is 9.59 Å². The molecule has 1 atom stereocenters. The number of carbonyl (C=O) groups is 2. The number of fused-ring (bicyclic) bond motifs is 3. The summed E-state index contributed by atoms with van der Waals surface area (Å²) in [6, 6.07) is 26.9. The zero-order valence-corrected chi connectivity index (χ0v) is 23.7. The lowest BCUT2D eigenvalue weighted by atomic mass is 10.1. The van der Waals surface area contributed by atoms with Crippen molar-refractivity contribution < 1.29 is 19.1 Å². The van der Waals surface area contributed by atoms with Gasteiger partial charge in [0, 0.05) is 50.2 Å². The molecule has 7 nitrogen and oxygen atoms in total. The topological polar surface area (TPSA) is 81.6 Å². The first kappa shape index (κ1) is 27.1. The van der Waals surface area contributed by atoms with Gasteiger partial charge in [-0.25, -0.2) is 0 Å². The molecule has 0 bridgehead atoms. The summed E-state index contributed by atoms with van der Waals surface area (Å²) >= 11 is 1.43. The van der Waals surface area contributed by atoms with Gasteiger partial charge in [0.05, 0.1) is 19.5 Å². The van der Waals surface area contributed by atoms with Crippen LogP contribution in [0.4, 0.5) is 11.4 Å². The molecule has 0 aliphatic rings. The number of para-hydroxylation sites is 1. The van der Waals surface area contributed by atoms with Crippen LogP contribution in [0.15, 0.2) is 89.8 Å². The van der Waals surface area contributed by atoms with Crippen molar-refractivity contribution in [2.75, 3.05) is 24.9 Å². The normalized spacial score (nSPS) is 11.8. The average molecular weight is 554 g/mol. The Bertz CT molecular complexity index is 1710. The van der Waals surface area contributed by atoms with Crippen LogP contribution in [-0.4, -0.2) is 35.9 Å². The van der Waals surface area contributed by atoms with Crippen LogP contribution < -0.4 is 20.1 Å². The molecule has 0 aliphatic carbocycles. The van der Waals surface area contributed by atoms with E-state index in [1.807, 2.05) is 55.5 Å². The lowest BCUT2D eigenvalue weighted by Crippen LogP contribution is -2.22. The number of rotatable bonds is 9. The lowest BCUT2D eigenvalue weighted by molar-refractivity contribution is -0.115. The highest BCUT2D eigenvalue weighted by Gasteiger charge is 2.17. The van der Waals surface area contributed by atoms with Crippen molar-refractivity contribution in [2.24, 2.45) is 0 Å². The van der Waals surface area contributed by atoms with Crippen LogP contribution >= 0.6 is 11.8 Å². The Hall–Kier alpha value is -4.43. The Morgan fingerprint density at radius 1 is 0.800 bits per heavy atom. The maximum Gasteiger partial charge on any atom is 0.255 e. The third-order valence-corrected chi connectivity index (χ3v) is 7.87. The van der Waals surface area contributed by atoms with Gasteiger partial charge in [0.25, 0.3) is 5.91 Å². The molecule has 1 heterocycles. The van der Waals surface area contributed by atoms with Gasteiger partial charge in [-0.1, -0.05) is 24.3 Å². The second-order valence-corrected chi connectivity index (χ2v) is 10.7. The van der Waals surface area contributed by atoms with Crippen LogP contribution in [0.5, 0.6) is 11.5 Å². The third-order valence-electron chi connectivity index (χ3n) is 6.78. The molecule has 0 spiro atoms. The molecule has 1 aromatic heterocycles. The molecular weight excluding hydrogens is 522 g/mol. The summed E-state index contributed by atoms with van der Waals surface area (Å²) < 4.78 is 12.8. The standard InChI is InChI=1S/C32H31N3O4S/c1-5-35-27-12-7-6-11-25(27)26-19-23(14-15-28(26)35)33-31(36)20(2)40-24-10-8-9-22(18-24)34-32(37)21-13-16-29(38-3)30(17-21)39-4/h6-20H,5H2,1-4H3,(H,33,36)(H,34,37). The Balaban J connectivity index is 1.26. The lowest BCUT2D eigenvalue weighted by Gasteiger charge is -2.14. The molecule has 0 saturated carbocycles. The summed E-state index contributed by atoms with van der Waals surface area (Å²) in [7, 11) is 3.08. The second-order valence-electron chi connectivity index (χ2n) is 9.29. The van der Waals surface area contributed by atoms with E-state index in [1.165, 1.54) is 29.8 Å². The van der Waals surface area contributed by atoms with E-state index < -0.39 is 0 Å². The number of amides is 2. The summed E-state index contributed by atoms with van der Waals surface area (Å²) in [6.07, 6.45) is 0. The van der Waals surface area contributed by atoms with Crippen molar-refractivity contribution in [2.45, 2.75) is 30.5 Å². The van der Waals surface area contributed by atoms with E-state index in [-0.39, 0.29) is 17.1 Å². The van der Waals surface area contributed by atoms with Gasteiger partial charge in [-0.05, 0) is 74.5 Å². The fourth-order valence-corrected chi connectivity index (χ4v) is 5.73. The molecule has 204 valence electrons. The first-order chi connectivity index (χ1) is 19.4. The number of aromatic nitrogens is 1. The maximum absolute atomic E-state index is 13.1. The van der Waals surface area contributed by atoms with E-state index in [2.05, 4.69) is 40.3 Å². The molecule has 2 amide bonds. The van der Waals surface area contributed by atoms with Gasteiger partial charge in [-0.3, -0.25) is 9.59 Å². The predicted octanol–water partition coefficient (Wildman–Crippen LogP) is 7.20. The summed E-state index contributed by atoms with van der Waals surface area (Å²) in [5.74, 6) is 0.670. The number of hydrogen-bond acceptors (Lipinski definition) is 5. The third kappa shape index (κ3) is 5.49. The van der Waals surface area contributed by atoms with E-state index in [4.69, 9.17) is 9.47 Å². The highest BCUT2D eigenvalue weighted by Crippen LogP contribution is 2.32. The fraction of sp³-hybridized carbons (Fsp3) is 0.188. The Labute approximate surface area is 237 Å². The predicted molar refractivity (Wildman–Crippen MR) is 163 cm³/mol. The van der Waals surface area contributed by atoms with Crippen molar-refractivity contribution in [1.29, 1.82) is 0 Å². The van der Waals surface area contributed by atoms with Gasteiger partial charge < -0.3 is 24.7 Å². The van der Waals surface area contributed by atoms with Crippen molar-refractivity contribution in [3.05, 3.63) is 90.5 Å². The SMILES string of the molecule is CCn1c2ccccc2c2cc(NC(=O)C(C)Sc3cccc(NC(=O)c4ccc(OC)c(OC)c4)c3)ccc21. The fourth-order valence-electron chi connectivity index (χ4n) is 4.80. The molecule has 0 radical (unpaired) electrons. The van der Waals surface area contributed by atoms with Crippen molar-refractivity contribution in [1.82, 2.24) is 4.57 Å². The molecule has 0 aliphatic heterocycles. The molecule has 0 fully saturated rings.